The molecule has 1 aromatic heterocycles. The second-order valence-electron chi connectivity index (χ2n) is 6.02. The monoisotopic (exact) mass is 365 g/mol. The van der Waals surface area contributed by atoms with E-state index in [1.165, 1.54) is 25.7 Å². The lowest BCUT2D eigenvalue weighted by molar-refractivity contribution is 0.308. The number of nitrogens with zero attached hydrogens (tertiary/aromatic N) is 2. The van der Waals surface area contributed by atoms with Crippen LogP contribution in [0.3, 0.4) is 0 Å². The van der Waals surface area contributed by atoms with Crippen LogP contribution in [0.25, 0.3) is 0 Å². The van der Waals surface area contributed by atoms with E-state index in [0.29, 0.717) is 12.0 Å². The van der Waals surface area contributed by atoms with Crippen molar-refractivity contribution in [3.05, 3.63) is 22.8 Å². The predicted molar refractivity (Wildman–Crippen MR) is 89.1 cm³/mol. The van der Waals surface area contributed by atoms with E-state index >= 15 is 0 Å². The molecule has 1 heterocycles. The summed E-state index contributed by atoms with van der Waals surface area (Å²) in [5.74, 6) is 1.51. The summed E-state index contributed by atoms with van der Waals surface area (Å²) in [7, 11) is 0. The minimum atomic E-state index is -0.261. The normalized spacial score (nSPS) is 28.5. The maximum Gasteiger partial charge on any atom is 0.110 e. The van der Waals surface area contributed by atoms with Gasteiger partial charge in [0.05, 0.1) is 6.07 Å². The van der Waals surface area contributed by atoms with Gasteiger partial charge in [-0.1, -0.05) is 6.42 Å². The largest absolute Gasteiger partial charge is 0.296 e. The summed E-state index contributed by atoms with van der Waals surface area (Å²) < 4.78 is 1.06. The highest BCUT2D eigenvalue weighted by Gasteiger charge is 2.45. The SMILES string of the molecule is N#CC1(NC2CC2)CCCC1CCSc1ncccc1Br. The minimum absolute atomic E-state index is 0.261. The van der Waals surface area contributed by atoms with Crippen LogP contribution in [0.4, 0.5) is 0 Å². The average Bonchev–Trinajstić information content (AvgIpc) is 3.21. The molecule has 5 heteroatoms. The van der Waals surface area contributed by atoms with Crippen LogP contribution in [-0.4, -0.2) is 22.3 Å². The summed E-state index contributed by atoms with van der Waals surface area (Å²) in [6.07, 6.45) is 8.77. The van der Waals surface area contributed by atoms with Crippen LogP contribution in [0.1, 0.15) is 38.5 Å². The van der Waals surface area contributed by atoms with Crippen molar-refractivity contribution >= 4 is 27.7 Å². The number of thioether (sulfide) groups is 1. The van der Waals surface area contributed by atoms with Crippen LogP contribution in [0, 0.1) is 17.2 Å². The molecule has 0 aliphatic heterocycles. The Morgan fingerprint density at radius 2 is 2.33 bits per heavy atom. The Balaban J connectivity index is 1.56. The number of nitrogens with one attached hydrogen (secondary N) is 1. The van der Waals surface area contributed by atoms with Crippen molar-refractivity contribution in [3.8, 4) is 6.07 Å². The molecular formula is C16H20BrN3S. The molecule has 2 aliphatic rings. The fourth-order valence-corrected chi connectivity index (χ4v) is 4.74. The molecule has 0 bridgehead atoms. The second-order valence-corrected chi connectivity index (χ2v) is 7.96. The molecule has 112 valence electrons. The molecule has 21 heavy (non-hydrogen) atoms. The minimum Gasteiger partial charge on any atom is -0.296 e. The molecule has 2 fully saturated rings. The summed E-state index contributed by atoms with van der Waals surface area (Å²) in [6, 6.07) is 7.18. The van der Waals surface area contributed by atoms with E-state index in [9.17, 15) is 5.26 Å². The molecule has 1 aromatic rings. The van der Waals surface area contributed by atoms with Crippen LogP contribution < -0.4 is 5.32 Å². The quantitative estimate of drug-likeness (QED) is 0.769. The smallest absolute Gasteiger partial charge is 0.110 e. The van der Waals surface area contributed by atoms with Gasteiger partial charge in [0.25, 0.3) is 0 Å². The highest BCUT2D eigenvalue weighted by molar-refractivity contribution is 9.10. The van der Waals surface area contributed by atoms with E-state index in [0.717, 1.165) is 28.1 Å². The van der Waals surface area contributed by atoms with Crippen molar-refractivity contribution in [1.29, 1.82) is 5.26 Å². The van der Waals surface area contributed by atoms with Crippen LogP contribution in [0.15, 0.2) is 27.8 Å². The Morgan fingerprint density at radius 1 is 1.48 bits per heavy atom. The van der Waals surface area contributed by atoms with Gasteiger partial charge in [-0.05, 0) is 71.8 Å². The van der Waals surface area contributed by atoms with Crippen molar-refractivity contribution < 1.29 is 0 Å². The topological polar surface area (TPSA) is 48.7 Å². The standard InChI is InChI=1S/C16H20BrN3S/c17-14-4-2-9-19-15(14)21-10-7-12-3-1-8-16(12,11-18)20-13-5-6-13/h2,4,9,12-13,20H,1,3,5-8,10H2. The fourth-order valence-electron chi connectivity index (χ4n) is 3.21. The molecule has 0 radical (unpaired) electrons. The number of aromatic nitrogens is 1. The summed E-state index contributed by atoms with van der Waals surface area (Å²) >= 11 is 5.32. The molecule has 0 aromatic carbocycles. The molecule has 1 N–H and O–H groups in total. The first kappa shape index (κ1) is 15.3. The van der Waals surface area contributed by atoms with Gasteiger partial charge in [-0.15, -0.1) is 11.8 Å². The number of nitriles is 1. The lowest BCUT2D eigenvalue weighted by Gasteiger charge is -2.30. The van der Waals surface area contributed by atoms with Gasteiger partial charge in [0.15, 0.2) is 0 Å². The molecule has 0 spiro atoms. The van der Waals surface area contributed by atoms with Crippen molar-refractivity contribution in [3.63, 3.8) is 0 Å². The Kier molecular flexibility index (Phi) is 4.88. The number of hydrogen-bond acceptors (Lipinski definition) is 4. The predicted octanol–water partition coefficient (Wildman–Crippen LogP) is 4.14. The van der Waals surface area contributed by atoms with Crippen LogP contribution >= 0.6 is 27.7 Å². The summed E-state index contributed by atoms with van der Waals surface area (Å²) in [5.41, 5.74) is -0.261. The van der Waals surface area contributed by atoms with Gasteiger partial charge in [-0.2, -0.15) is 5.26 Å². The molecular weight excluding hydrogens is 346 g/mol. The molecule has 3 nitrogen and oxygen atoms in total. The van der Waals surface area contributed by atoms with Crippen LogP contribution in [-0.2, 0) is 0 Å². The number of halogens is 1. The van der Waals surface area contributed by atoms with Gasteiger partial charge >= 0.3 is 0 Å². The first-order valence-corrected chi connectivity index (χ1v) is 9.44. The zero-order valence-corrected chi connectivity index (χ0v) is 14.4. The number of pyridine rings is 1. The average molecular weight is 366 g/mol. The van der Waals surface area contributed by atoms with E-state index < -0.39 is 0 Å². The zero-order valence-electron chi connectivity index (χ0n) is 12.0. The Morgan fingerprint density at radius 3 is 3.05 bits per heavy atom. The maximum absolute atomic E-state index is 9.68. The molecule has 3 rings (SSSR count). The van der Waals surface area contributed by atoms with Gasteiger partial charge in [-0.3, -0.25) is 5.32 Å². The van der Waals surface area contributed by atoms with Crippen LogP contribution in [0.2, 0.25) is 0 Å². The third-order valence-electron chi connectivity index (χ3n) is 4.49. The molecule has 0 saturated heterocycles. The Bertz CT molecular complexity index is 541. The van der Waals surface area contributed by atoms with Crippen molar-refractivity contribution in [2.75, 3.05) is 5.75 Å². The van der Waals surface area contributed by atoms with E-state index in [-0.39, 0.29) is 5.54 Å². The maximum atomic E-state index is 9.68. The van der Waals surface area contributed by atoms with E-state index in [1.807, 2.05) is 18.3 Å². The highest BCUT2D eigenvalue weighted by Crippen LogP contribution is 2.41. The first-order chi connectivity index (χ1) is 10.2. The number of rotatable bonds is 6. The van der Waals surface area contributed by atoms with E-state index in [2.05, 4.69) is 32.3 Å². The lowest BCUT2D eigenvalue weighted by atomic mass is 9.86. The van der Waals surface area contributed by atoms with E-state index in [1.54, 1.807) is 11.8 Å². The second kappa shape index (κ2) is 6.68. The zero-order chi connectivity index (χ0) is 14.7. The van der Waals surface area contributed by atoms with Crippen LogP contribution in [0.5, 0.6) is 0 Å². The highest BCUT2D eigenvalue weighted by atomic mass is 79.9. The van der Waals surface area contributed by atoms with Crippen molar-refractivity contribution in [2.45, 2.75) is 55.1 Å². The molecule has 2 atom stereocenters. The van der Waals surface area contributed by atoms with Crippen molar-refractivity contribution in [2.24, 2.45) is 5.92 Å². The van der Waals surface area contributed by atoms with E-state index in [4.69, 9.17) is 0 Å². The Labute approximate surface area is 139 Å². The van der Waals surface area contributed by atoms with Gasteiger partial charge < -0.3 is 0 Å². The van der Waals surface area contributed by atoms with Gasteiger partial charge in [0.2, 0.25) is 0 Å². The summed E-state index contributed by atoms with van der Waals surface area (Å²) in [6.45, 7) is 0. The third-order valence-corrected chi connectivity index (χ3v) is 6.43. The van der Waals surface area contributed by atoms with Gasteiger partial charge in [0.1, 0.15) is 10.6 Å². The Hall–Kier alpha value is -0.570. The fraction of sp³-hybridized carbons (Fsp3) is 0.625. The summed E-state index contributed by atoms with van der Waals surface area (Å²) in [5, 5.41) is 14.4. The molecule has 2 aliphatic carbocycles. The lowest BCUT2D eigenvalue weighted by Crippen LogP contribution is -2.48. The molecule has 2 unspecified atom stereocenters. The molecule has 0 amide bonds. The third kappa shape index (κ3) is 3.61. The number of hydrogen-bond donors (Lipinski definition) is 1. The molecule has 2 saturated carbocycles. The summed E-state index contributed by atoms with van der Waals surface area (Å²) in [4.78, 5) is 4.39. The van der Waals surface area contributed by atoms with Gasteiger partial charge in [-0.25, -0.2) is 4.98 Å². The first-order valence-electron chi connectivity index (χ1n) is 7.66. The van der Waals surface area contributed by atoms with Gasteiger partial charge in [0, 0.05) is 16.7 Å². The van der Waals surface area contributed by atoms with Crippen molar-refractivity contribution in [1.82, 2.24) is 10.3 Å².